The summed E-state index contributed by atoms with van der Waals surface area (Å²) in [4.78, 5) is 12.3. The van der Waals surface area contributed by atoms with Crippen LogP contribution in [0.1, 0.15) is 51.9 Å². The number of amides is 1. The second kappa shape index (κ2) is 5.16. The molecule has 0 saturated heterocycles. The molecule has 2 aliphatic rings. The number of nitrogens with one attached hydrogen (secondary N) is 1. The molecule has 0 unspecified atom stereocenters. The molecule has 0 bridgehead atoms. The molecule has 0 radical (unpaired) electrons. The zero-order chi connectivity index (χ0) is 13.2. The van der Waals surface area contributed by atoms with Crippen molar-refractivity contribution in [2.75, 3.05) is 0 Å². The topological polar surface area (TPSA) is 87.7 Å². The molecule has 0 heterocycles. The smallest absolute Gasteiger partial charge is 0.234 e. The van der Waals surface area contributed by atoms with E-state index in [0.29, 0.717) is 12.8 Å². The quantitative estimate of drug-likeness (QED) is 0.309. The molecule has 102 valence electrons. The third-order valence-corrected chi connectivity index (χ3v) is 4.59. The number of carbonyl (C=O) groups excluding carboxylic acids is 1. The Bertz CT molecular complexity index is 342. The van der Waals surface area contributed by atoms with Gasteiger partial charge in [0.15, 0.2) is 5.84 Å². The van der Waals surface area contributed by atoms with Crippen molar-refractivity contribution in [3.8, 4) is 0 Å². The molecule has 0 aromatic heterocycles. The first-order valence-electron chi connectivity index (χ1n) is 6.87. The Labute approximate surface area is 108 Å². The first-order chi connectivity index (χ1) is 8.58. The van der Waals surface area contributed by atoms with Crippen molar-refractivity contribution in [1.29, 1.82) is 0 Å². The molecule has 4 N–H and O–H groups in total. The van der Waals surface area contributed by atoms with E-state index in [4.69, 9.17) is 10.9 Å². The summed E-state index contributed by atoms with van der Waals surface area (Å²) < 4.78 is 0. The van der Waals surface area contributed by atoms with Gasteiger partial charge in [0.05, 0.1) is 0 Å². The number of oxime groups is 1. The molecule has 2 rings (SSSR count). The number of nitrogens with two attached hydrogens (primary N) is 1. The number of hydrogen-bond acceptors (Lipinski definition) is 3. The summed E-state index contributed by atoms with van der Waals surface area (Å²) in [5.41, 5.74) is 4.94. The van der Waals surface area contributed by atoms with Crippen LogP contribution in [-0.4, -0.2) is 23.0 Å². The van der Waals surface area contributed by atoms with Crippen molar-refractivity contribution < 1.29 is 10.0 Å². The summed E-state index contributed by atoms with van der Waals surface area (Å²) >= 11 is 0. The van der Waals surface area contributed by atoms with E-state index in [1.165, 1.54) is 12.8 Å². The average Bonchev–Trinajstić information content (AvgIpc) is 2.30. The molecule has 2 fully saturated rings. The van der Waals surface area contributed by atoms with Gasteiger partial charge in [-0.1, -0.05) is 18.5 Å². The van der Waals surface area contributed by atoms with Crippen LogP contribution in [-0.2, 0) is 4.79 Å². The third-order valence-electron chi connectivity index (χ3n) is 4.59. The van der Waals surface area contributed by atoms with Crippen molar-refractivity contribution in [3.63, 3.8) is 0 Å². The summed E-state index contributed by atoms with van der Waals surface area (Å²) in [6.07, 6.45) is 6.77. The highest BCUT2D eigenvalue weighted by Crippen LogP contribution is 2.41. The minimum Gasteiger partial charge on any atom is -0.409 e. The van der Waals surface area contributed by atoms with Gasteiger partial charge in [0, 0.05) is 6.04 Å². The summed E-state index contributed by atoms with van der Waals surface area (Å²) in [5.74, 6) is 0.777. The zero-order valence-electron chi connectivity index (χ0n) is 11.0. The molecule has 1 amide bonds. The number of rotatable bonds is 3. The Hall–Kier alpha value is -1.26. The maximum atomic E-state index is 12.3. The normalized spacial score (nSPS) is 31.5. The van der Waals surface area contributed by atoms with E-state index in [-0.39, 0.29) is 17.8 Å². The molecular formula is C13H23N3O2. The number of nitrogens with zero attached hydrogens (tertiary/aromatic N) is 1. The molecule has 5 nitrogen and oxygen atoms in total. The first kappa shape index (κ1) is 13.2. The summed E-state index contributed by atoms with van der Waals surface area (Å²) in [7, 11) is 0. The van der Waals surface area contributed by atoms with Crippen LogP contribution in [0.5, 0.6) is 0 Å². The van der Waals surface area contributed by atoms with Crippen LogP contribution in [0, 0.1) is 11.3 Å². The molecule has 0 aliphatic heterocycles. The largest absolute Gasteiger partial charge is 0.409 e. The van der Waals surface area contributed by atoms with Gasteiger partial charge in [-0.15, -0.1) is 0 Å². The summed E-state index contributed by atoms with van der Waals surface area (Å²) in [5, 5.41) is 14.9. The molecule has 0 aromatic rings. The SMILES string of the molecule is CC1CCC(NC(=O)C2(C(N)=NO)CCC2)CC1. The van der Waals surface area contributed by atoms with Gasteiger partial charge in [-0.25, -0.2) is 0 Å². The van der Waals surface area contributed by atoms with Crippen LogP contribution in [0.15, 0.2) is 5.16 Å². The van der Waals surface area contributed by atoms with Crippen LogP contribution in [0.4, 0.5) is 0 Å². The van der Waals surface area contributed by atoms with Crippen molar-refractivity contribution in [2.24, 2.45) is 22.2 Å². The van der Waals surface area contributed by atoms with Gasteiger partial charge in [-0.05, 0) is 44.4 Å². The fourth-order valence-electron chi connectivity index (χ4n) is 2.95. The van der Waals surface area contributed by atoms with Crippen molar-refractivity contribution in [1.82, 2.24) is 5.32 Å². The van der Waals surface area contributed by atoms with Crippen molar-refractivity contribution in [2.45, 2.75) is 57.9 Å². The van der Waals surface area contributed by atoms with E-state index in [0.717, 1.165) is 25.2 Å². The highest BCUT2D eigenvalue weighted by atomic mass is 16.4. The van der Waals surface area contributed by atoms with Crippen molar-refractivity contribution in [3.05, 3.63) is 0 Å². The Balaban J connectivity index is 1.95. The predicted molar refractivity (Wildman–Crippen MR) is 69.3 cm³/mol. The van der Waals surface area contributed by atoms with Crippen LogP contribution < -0.4 is 11.1 Å². The lowest BCUT2D eigenvalue weighted by molar-refractivity contribution is -0.132. The van der Waals surface area contributed by atoms with Gasteiger partial charge in [-0.2, -0.15) is 0 Å². The second-order valence-electron chi connectivity index (χ2n) is 5.85. The van der Waals surface area contributed by atoms with Crippen LogP contribution in [0.3, 0.4) is 0 Å². The van der Waals surface area contributed by atoms with E-state index in [1.807, 2.05) is 0 Å². The summed E-state index contributed by atoms with van der Waals surface area (Å²) in [6.45, 7) is 2.25. The van der Waals surface area contributed by atoms with Crippen LogP contribution in [0.25, 0.3) is 0 Å². The van der Waals surface area contributed by atoms with E-state index in [9.17, 15) is 4.79 Å². The fourth-order valence-corrected chi connectivity index (χ4v) is 2.95. The zero-order valence-corrected chi connectivity index (χ0v) is 11.0. The minimum absolute atomic E-state index is 0.0522. The Kier molecular flexibility index (Phi) is 3.78. The van der Waals surface area contributed by atoms with E-state index in [2.05, 4.69) is 17.4 Å². The van der Waals surface area contributed by atoms with Gasteiger partial charge in [0.2, 0.25) is 5.91 Å². The van der Waals surface area contributed by atoms with E-state index in [1.54, 1.807) is 0 Å². The predicted octanol–water partition coefficient (Wildman–Crippen LogP) is 1.60. The lowest BCUT2D eigenvalue weighted by Gasteiger charge is -2.40. The average molecular weight is 253 g/mol. The molecule has 2 aliphatic carbocycles. The molecule has 5 heteroatoms. The molecule has 0 atom stereocenters. The minimum atomic E-state index is -0.738. The Morgan fingerprint density at radius 1 is 1.33 bits per heavy atom. The van der Waals surface area contributed by atoms with Crippen LogP contribution in [0.2, 0.25) is 0 Å². The van der Waals surface area contributed by atoms with Gasteiger partial charge in [-0.3, -0.25) is 4.79 Å². The molecule has 0 aromatic carbocycles. The monoisotopic (exact) mass is 253 g/mol. The highest BCUT2D eigenvalue weighted by molar-refractivity contribution is 6.07. The lowest BCUT2D eigenvalue weighted by atomic mass is 9.67. The maximum Gasteiger partial charge on any atom is 0.234 e. The first-order valence-corrected chi connectivity index (χ1v) is 6.87. The molecule has 18 heavy (non-hydrogen) atoms. The van der Waals surface area contributed by atoms with Crippen LogP contribution >= 0.6 is 0 Å². The lowest BCUT2D eigenvalue weighted by Crippen LogP contribution is -2.56. The maximum absolute atomic E-state index is 12.3. The Morgan fingerprint density at radius 2 is 1.94 bits per heavy atom. The van der Waals surface area contributed by atoms with Gasteiger partial charge >= 0.3 is 0 Å². The second-order valence-corrected chi connectivity index (χ2v) is 5.85. The van der Waals surface area contributed by atoms with Gasteiger partial charge in [0.1, 0.15) is 5.41 Å². The third kappa shape index (κ3) is 2.31. The number of hydrogen-bond donors (Lipinski definition) is 3. The standard InChI is InChI=1S/C13H23N3O2/c1-9-3-5-10(6-4-9)15-12(17)13(7-2-8-13)11(14)16-18/h9-10,18H,2-8H2,1H3,(H2,14,16)(H,15,17). The summed E-state index contributed by atoms with van der Waals surface area (Å²) in [6, 6.07) is 0.262. The number of carbonyl (C=O) groups is 1. The molecule has 0 spiro atoms. The fraction of sp³-hybridized carbons (Fsp3) is 0.846. The molecule has 2 saturated carbocycles. The van der Waals surface area contributed by atoms with Gasteiger partial charge < -0.3 is 16.3 Å². The molecular weight excluding hydrogens is 230 g/mol. The number of amidine groups is 1. The van der Waals surface area contributed by atoms with Gasteiger partial charge in [0.25, 0.3) is 0 Å². The van der Waals surface area contributed by atoms with Crippen molar-refractivity contribution >= 4 is 11.7 Å². The highest BCUT2D eigenvalue weighted by Gasteiger charge is 2.48. The van der Waals surface area contributed by atoms with E-state index < -0.39 is 5.41 Å². The van der Waals surface area contributed by atoms with E-state index >= 15 is 0 Å². The Morgan fingerprint density at radius 3 is 2.39 bits per heavy atom.